The summed E-state index contributed by atoms with van der Waals surface area (Å²) in [6.07, 6.45) is 0.850. The molecule has 1 fully saturated rings. The van der Waals surface area contributed by atoms with Crippen molar-refractivity contribution in [2.45, 2.75) is 33.6 Å². The van der Waals surface area contributed by atoms with E-state index in [9.17, 15) is 23.1 Å². The van der Waals surface area contributed by atoms with E-state index in [0.29, 0.717) is 19.4 Å². The van der Waals surface area contributed by atoms with Crippen LogP contribution in [0.1, 0.15) is 44.0 Å². The largest absolute Gasteiger partial charge is 0.481 e. The van der Waals surface area contributed by atoms with E-state index in [-0.39, 0.29) is 35.4 Å². The number of hydrogen-bond acceptors (Lipinski definition) is 4. The van der Waals surface area contributed by atoms with Gasteiger partial charge in [0.2, 0.25) is 10.0 Å². The summed E-state index contributed by atoms with van der Waals surface area (Å²) in [6, 6.07) is 6.42. The number of para-hydroxylation sites is 1. The number of likely N-dealkylation sites (tertiary alicyclic amines) is 1. The number of benzene rings is 1. The third-order valence-electron chi connectivity index (χ3n) is 5.01. The summed E-state index contributed by atoms with van der Waals surface area (Å²) in [5, 5.41) is 9.64. The lowest BCUT2D eigenvalue weighted by molar-refractivity contribution is -0.150. The summed E-state index contributed by atoms with van der Waals surface area (Å²) < 4.78 is 26.6. The van der Waals surface area contributed by atoms with Gasteiger partial charge >= 0.3 is 5.97 Å². The molecule has 1 aliphatic rings. The molecule has 0 bridgehead atoms. The van der Waals surface area contributed by atoms with Crippen LogP contribution in [0.4, 0.5) is 5.69 Å². The van der Waals surface area contributed by atoms with E-state index in [1.165, 1.54) is 4.90 Å². The van der Waals surface area contributed by atoms with E-state index in [1.807, 2.05) is 13.8 Å². The Morgan fingerprint density at radius 3 is 2.50 bits per heavy atom. The zero-order valence-electron chi connectivity index (χ0n) is 15.4. The standard InChI is InChI=1S/C18H26N2O5S/c1-4-11-26(24,25)19-15-8-6-5-7-14(15)16(21)20-10-9-18(12-20,13(2)3)17(22)23/h5-8,13,19H,4,9-12H2,1-3H3,(H,22,23). The van der Waals surface area contributed by atoms with Crippen LogP contribution in [0, 0.1) is 11.3 Å². The molecule has 144 valence electrons. The van der Waals surface area contributed by atoms with Crippen molar-refractivity contribution in [2.24, 2.45) is 11.3 Å². The number of anilines is 1. The molecule has 0 radical (unpaired) electrons. The Bertz CT molecular complexity index is 791. The maximum absolute atomic E-state index is 12.9. The fourth-order valence-electron chi connectivity index (χ4n) is 3.32. The van der Waals surface area contributed by atoms with Crippen LogP contribution in [-0.2, 0) is 14.8 Å². The molecule has 2 N–H and O–H groups in total. The maximum atomic E-state index is 12.9. The second-order valence-corrected chi connectivity index (χ2v) is 8.90. The van der Waals surface area contributed by atoms with E-state index in [2.05, 4.69) is 4.72 Å². The Hall–Kier alpha value is -2.09. The molecule has 1 saturated heterocycles. The zero-order chi connectivity index (χ0) is 19.5. The number of rotatable bonds is 7. The summed E-state index contributed by atoms with van der Waals surface area (Å²) in [7, 11) is -3.53. The van der Waals surface area contributed by atoms with Gasteiger partial charge in [0.1, 0.15) is 0 Å². The first-order valence-electron chi connectivity index (χ1n) is 8.75. The number of carbonyl (C=O) groups is 2. The molecule has 0 saturated carbocycles. The average molecular weight is 382 g/mol. The van der Waals surface area contributed by atoms with Crippen molar-refractivity contribution in [2.75, 3.05) is 23.6 Å². The number of carboxylic acid groups (broad SMARTS) is 1. The lowest BCUT2D eigenvalue weighted by Gasteiger charge is -2.28. The highest BCUT2D eigenvalue weighted by atomic mass is 32.2. The van der Waals surface area contributed by atoms with E-state index in [4.69, 9.17) is 0 Å². The van der Waals surface area contributed by atoms with Crippen molar-refractivity contribution in [1.29, 1.82) is 0 Å². The Morgan fingerprint density at radius 1 is 1.31 bits per heavy atom. The lowest BCUT2D eigenvalue weighted by Crippen LogP contribution is -2.40. The molecule has 1 aliphatic heterocycles. The van der Waals surface area contributed by atoms with Gasteiger partial charge < -0.3 is 10.0 Å². The minimum Gasteiger partial charge on any atom is -0.481 e. The lowest BCUT2D eigenvalue weighted by atomic mass is 9.76. The van der Waals surface area contributed by atoms with Crippen LogP contribution >= 0.6 is 0 Å². The summed E-state index contributed by atoms with van der Waals surface area (Å²) in [4.78, 5) is 26.2. The van der Waals surface area contributed by atoms with Crippen LogP contribution in [0.15, 0.2) is 24.3 Å². The molecule has 26 heavy (non-hydrogen) atoms. The molecule has 8 heteroatoms. The molecule has 7 nitrogen and oxygen atoms in total. The quantitative estimate of drug-likeness (QED) is 0.754. The fourth-order valence-corrected chi connectivity index (χ4v) is 4.47. The van der Waals surface area contributed by atoms with Gasteiger partial charge in [-0.2, -0.15) is 0 Å². The number of nitrogens with one attached hydrogen (secondary N) is 1. The second-order valence-electron chi connectivity index (χ2n) is 7.06. The molecule has 1 aromatic rings. The molecule has 0 aliphatic carbocycles. The molecule has 1 amide bonds. The number of amides is 1. The van der Waals surface area contributed by atoms with Gasteiger partial charge in [0.15, 0.2) is 0 Å². The highest BCUT2D eigenvalue weighted by molar-refractivity contribution is 7.92. The third kappa shape index (κ3) is 4.00. The van der Waals surface area contributed by atoms with Crippen molar-refractivity contribution in [3.05, 3.63) is 29.8 Å². The Labute approximate surface area is 154 Å². The van der Waals surface area contributed by atoms with Gasteiger partial charge in [-0.1, -0.05) is 32.9 Å². The van der Waals surface area contributed by atoms with Crippen molar-refractivity contribution >= 4 is 27.6 Å². The van der Waals surface area contributed by atoms with E-state index >= 15 is 0 Å². The van der Waals surface area contributed by atoms with Crippen LogP contribution in [0.3, 0.4) is 0 Å². The van der Waals surface area contributed by atoms with Gasteiger partial charge in [-0.3, -0.25) is 14.3 Å². The predicted molar refractivity (Wildman–Crippen MR) is 99.6 cm³/mol. The fraction of sp³-hybridized carbons (Fsp3) is 0.556. The summed E-state index contributed by atoms with van der Waals surface area (Å²) in [6.45, 7) is 5.90. The molecular weight excluding hydrogens is 356 g/mol. The van der Waals surface area contributed by atoms with Crippen LogP contribution in [-0.4, -0.2) is 49.1 Å². The average Bonchev–Trinajstić information content (AvgIpc) is 3.01. The minimum absolute atomic E-state index is 0.0330. The monoisotopic (exact) mass is 382 g/mol. The first-order chi connectivity index (χ1) is 12.1. The zero-order valence-corrected chi connectivity index (χ0v) is 16.2. The molecule has 1 unspecified atom stereocenters. The molecule has 1 atom stereocenters. The third-order valence-corrected chi connectivity index (χ3v) is 6.49. The van der Waals surface area contributed by atoms with Crippen LogP contribution in [0.25, 0.3) is 0 Å². The van der Waals surface area contributed by atoms with E-state index in [0.717, 1.165) is 0 Å². The molecule has 1 heterocycles. The number of aliphatic carboxylic acids is 1. The summed E-state index contributed by atoms with van der Waals surface area (Å²) in [5.41, 5.74) is -0.507. The van der Waals surface area contributed by atoms with Crippen molar-refractivity contribution in [3.63, 3.8) is 0 Å². The second kappa shape index (κ2) is 7.65. The minimum atomic E-state index is -3.53. The number of sulfonamides is 1. The van der Waals surface area contributed by atoms with Gasteiger partial charge in [0, 0.05) is 13.1 Å². The molecule has 0 aromatic heterocycles. The normalized spacial score (nSPS) is 20.4. The van der Waals surface area contributed by atoms with Crippen molar-refractivity contribution in [1.82, 2.24) is 4.90 Å². The molecule has 1 aromatic carbocycles. The maximum Gasteiger partial charge on any atom is 0.311 e. The molecule has 2 rings (SSSR count). The topological polar surface area (TPSA) is 104 Å². The van der Waals surface area contributed by atoms with Crippen LogP contribution in [0.2, 0.25) is 0 Å². The highest BCUT2D eigenvalue weighted by Gasteiger charge is 2.48. The summed E-state index contributed by atoms with van der Waals surface area (Å²) >= 11 is 0. The van der Waals surface area contributed by atoms with Crippen molar-refractivity contribution < 1.29 is 23.1 Å². The van der Waals surface area contributed by atoms with E-state index in [1.54, 1.807) is 31.2 Å². The Morgan fingerprint density at radius 2 is 1.96 bits per heavy atom. The number of hydrogen-bond donors (Lipinski definition) is 2. The Balaban J connectivity index is 2.28. The SMILES string of the molecule is CCCS(=O)(=O)Nc1ccccc1C(=O)N1CCC(C(=O)O)(C(C)C)C1. The number of nitrogens with zero attached hydrogens (tertiary/aromatic N) is 1. The molecular formula is C18H26N2O5S. The highest BCUT2D eigenvalue weighted by Crippen LogP contribution is 2.39. The summed E-state index contributed by atoms with van der Waals surface area (Å²) in [5.74, 6) is -1.41. The smallest absolute Gasteiger partial charge is 0.311 e. The van der Waals surface area contributed by atoms with Gasteiger partial charge in [-0.25, -0.2) is 8.42 Å². The first kappa shape index (κ1) is 20.2. The first-order valence-corrected chi connectivity index (χ1v) is 10.4. The van der Waals surface area contributed by atoms with Gasteiger partial charge in [-0.15, -0.1) is 0 Å². The van der Waals surface area contributed by atoms with Gasteiger partial charge in [0.25, 0.3) is 5.91 Å². The number of carboxylic acids is 1. The van der Waals surface area contributed by atoms with Crippen LogP contribution in [0.5, 0.6) is 0 Å². The van der Waals surface area contributed by atoms with Crippen LogP contribution < -0.4 is 4.72 Å². The van der Waals surface area contributed by atoms with Gasteiger partial charge in [0.05, 0.1) is 22.4 Å². The predicted octanol–water partition coefficient (Wildman–Crippen LogP) is 2.41. The Kier molecular flexibility index (Phi) is 5.95. The van der Waals surface area contributed by atoms with Crippen molar-refractivity contribution in [3.8, 4) is 0 Å². The number of carbonyl (C=O) groups excluding carboxylic acids is 1. The van der Waals surface area contributed by atoms with E-state index < -0.39 is 21.4 Å². The van der Waals surface area contributed by atoms with Gasteiger partial charge in [-0.05, 0) is 30.9 Å². The molecule has 0 spiro atoms.